The predicted molar refractivity (Wildman–Crippen MR) is 122 cm³/mol. The van der Waals surface area contributed by atoms with Crippen molar-refractivity contribution in [3.8, 4) is 16.9 Å². The molecule has 3 aromatic rings. The fourth-order valence-corrected chi connectivity index (χ4v) is 4.30. The lowest BCUT2D eigenvalue weighted by Gasteiger charge is -2.12. The molecule has 1 unspecified atom stereocenters. The number of hydrogen-bond donors (Lipinski definition) is 1. The lowest BCUT2D eigenvalue weighted by molar-refractivity contribution is -0.118. The van der Waals surface area contributed by atoms with Crippen molar-refractivity contribution >= 4 is 35.2 Å². The van der Waals surface area contributed by atoms with E-state index in [-0.39, 0.29) is 17.8 Å². The lowest BCUT2D eigenvalue weighted by Crippen LogP contribution is -2.35. The lowest BCUT2D eigenvalue weighted by atomic mass is 9.99. The second kappa shape index (κ2) is 10.0. The number of benzene rings is 2. The zero-order chi connectivity index (χ0) is 22.5. The molecule has 4 rings (SSSR count). The number of aromatic nitrogens is 2. The molecule has 0 radical (unpaired) electrons. The summed E-state index contributed by atoms with van der Waals surface area (Å²) in [5.41, 5.74) is 3.17. The molecule has 0 aliphatic carbocycles. The Morgan fingerprint density at radius 1 is 1.19 bits per heavy atom. The largest absolute Gasteiger partial charge is 0.486 e. The summed E-state index contributed by atoms with van der Waals surface area (Å²) in [5, 5.41) is 3.94. The molecule has 0 spiro atoms. The number of fused-ring (bicyclic) bond motifs is 1. The van der Waals surface area contributed by atoms with Gasteiger partial charge in [-0.1, -0.05) is 35.5 Å². The monoisotopic (exact) mass is 469 g/mol. The van der Waals surface area contributed by atoms with Crippen LogP contribution in [0.4, 0.5) is 0 Å². The molecule has 2 heterocycles. The van der Waals surface area contributed by atoms with Crippen LogP contribution < -0.4 is 10.1 Å². The van der Waals surface area contributed by atoms with Crippen molar-refractivity contribution < 1.29 is 19.1 Å². The molecule has 164 valence electrons. The number of ether oxygens (including phenoxy) is 2. The summed E-state index contributed by atoms with van der Waals surface area (Å²) in [7, 11) is 1.35. The molecule has 32 heavy (non-hydrogen) atoms. The van der Waals surface area contributed by atoms with Gasteiger partial charge in [0.05, 0.1) is 30.0 Å². The minimum absolute atomic E-state index is 0.117. The summed E-state index contributed by atoms with van der Waals surface area (Å²) in [5.74, 6) is 0.347. The van der Waals surface area contributed by atoms with E-state index in [1.165, 1.54) is 18.9 Å². The van der Waals surface area contributed by atoms with Gasteiger partial charge in [-0.05, 0) is 41.5 Å². The Labute approximate surface area is 194 Å². The number of amides is 1. The van der Waals surface area contributed by atoms with Crippen molar-refractivity contribution in [3.63, 3.8) is 0 Å². The molecule has 0 saturated carbocycles. The number of carbonyl (C=O) groups is 2. The maximum absolute atomic E-state index is 12.2. The highest BCUT2D eigenvalue weighted by molar-refractivity contribution is 7.99. The molecular formula is C23H20ClN3O4S. The van der Waals surface area contributed by atoms with E-state index in [1.807, 2.05) is 18.2 Å². The number of nitrogens with zero attached hydrogens (tertiary/aromatic N) is 2. The number of nitrogens with one attached hydrogen (secondary N) is 1. The Morgan fingerprint density at radius 3 is 2.78 bits per heavy atom. The van der Waals surface area contributed by atoms with Crippen LogP contribution in [0, 0.1) is 0 Å². The highest BCUT2D eigenvalue weighted by Gasteiger charge is 2.26. The van der Waals surface area contributed by atoms with Gasteiger partial charge in [0.15, 0.2) is 5.16 Å². The molecule has 2 aromatic carbocycles. The Kier molecular flexibility index (Phi) is 6.92. The summed E-state index contributed by atoms with van der Waals surface area (Å²) in [6.45, 7) is 0.368. The molecule has 1 N–H and O–H groups in total. The smallest absolute Gasteiger partial charge is 0.337 e. The molecule has 1 aromatic heterocycles. The Hall–Kier alpha value is -3.10. The summed E-state index contributed by atoms with van der Waals surface area (Å²) < 4.78 is 10.8. The zero-order valence-electron chi connectivity index (χ0n) is 17.2. The normalized spacial score (nSPS) is 14.4. The van der Waals surface area contributed by atoms with Crippen molar-refractivity contribution in [1.82, 2.24) is 15.3 Å². The van der Waals surface area contributed by atoms with Crippen molar-refractivity contribution in [3.05, 3.63) is 71.0 Å². The molecule has 9 heteroatoms. The van der Waals surface area contributed by atoms with E-state index in [0.29, 0.717) is 34.5 Å². The average Bonchev–Trinajstić information content (AvgIpc) is 3.25. The molecule has 7 nitrogen and oxygen atoms in total. The number of rotatable bonds is 7. The molecule has 0 bridgehead atoms. The van der Waals surface area contributed by atoms with E-state index in [2.05, 4.69) is 15.3 Å². The van der Waals surface area contributed by atoms with E-state index in [9.17, 15) is 9.59 Å². The SMILES string of the molecule is COC(=O)c1cccc(-c2cc(Cl)c3c(c2)CC(CNC(=O)CSc2ncccn2)O3)c1. The minimum atomic E-state index is -0.393. The maximum atomic E-state index is 12.2. The van der Waals surface area contributed by atoms with Gasteiger partial charge in [-0.2, -0.15) is 0 Å². The van der Waals surface area contributed by atoms with Crippen LogP contribution in [0.25, 0.3) is 11.1 Å². The average molecular weight is 470 g/mol. The van der Waals surface area contributed by atoms with Gasteiger partial charge in [0.2, 0.25) is 5.91 Å². The van der Waals surface area contributed by atoms with Gasteiger partial charge < -0.3 is 14.8 Å². The topological polar surface area (TPSA) is 90.4 Å². The van der Waals surface area contributed by atoms with Crippen LogP contribution in [0.5, 0.6) is 5.75 Å². The molecule has 0 saturated heterocycles. The third-order valence-corrected chi connectivity index (χ3v) is 6.03. The van der Waals surface area contributed by atoms with Gasteiger partial charge in [-0.15, -0.1) is 0 Å². The van der Waals surface area contributed by atoms with E-state index in [0.717, 1.165) is 16.7 Å². The Balaban J connectivity index is 1.38. The van der Waals surface area contributed by atoms with Crippen LogP contribution >= 0.6 is 23.4 Å². The molecule has 1 aliphatic rings. The van der Waals surface area contributed by atoms with Gasteiger partial charge in [-0.25, -0.2) is 14.8 Å². The van der Waals surface area contributed by atoms with Crippen molar-refractivity contribution in [2.45, 2.75) is 17.7 Å². The van der Waals surface area contributed by atoms with Crippen LogP contribution in [0.15, 0.2) is 60.0 Å². The summed E-state index contributed by atoms with van der Waals surface area (Å²) in [6, 6.07) is 12.7. The van der Waals surface area contributed by atoms with Gasteiger partial charge in [0.25, 0.3) is 0 Å². The Bertz CT molecular complexity index is 1140. The number of hydrogen-bond acceptors (Lipinski definition) is 7. The molecule has 0 fully saturated rings. The number of esters is 1. The quantitative estimate of drug-likeness (QED) is 0.320. The third kappa shape index (κ3) is 5.20. The second-order valence-corrected chi connectivity index (χ2v) is 8.44. The number of methoxy groups -OCH3 is 1. The van der Waals surface area contributed by atoms with Crippen molar-refractivity contribution in [2.24, 2.45) is 0 Å². The van der Waals surface area contributed by atoms with Crippen LogP contribution in [-0.4, -0.2) is 47.4 Å². The summed E-state index contributed by atoms with van der Waals surface area (Å²) >= 11 is 7.75. The minimum Gasteiger partial charge on any atom is -0.486 e. The van der Waals surface area contributed by atoms with Crippen molar-refractivity contribution in [1.29, 1.82) is 0 Å². The highest BCUT2D eigenvalue weighted by atomic mass is 35.5. The fraction of sp³-hybridized carbons (Fsp3) is 0.217. The first-order chi connectivity index (χ1) is 15.5. The van der Waals surface area contributed by atoms with E-state index < -0.39 is 5.97 Å². The third-order valence-electron chi connectivity index (χ3n) is 4.87. The Morgan fingerprint density at radius 2 is 2.00 bits per heavy atom. The highest BCUT2D eigenvalue weighted by Crippen LogP contribution is 2.39. The zero-order valence-corrected chi connectivity index (χ0v) is 18.8. The van der Waals surface area contributed by atoms with Crippen molar-refractivity contribution in [2.75, 3.05) is 19.4 Å². The first-order valence-electron chi connectivity index (χ1n) is 9.88. The maximum Gasteiger partial charge on any atom is 0.337 e. The fourth-order valence-electron chi connectivity index (χ4n) is 3.38. The predicted octanol–water partition coefficient (Wildman–Crippen LogP) is 3.80. The van der Waals surface area contributed by atoms with Crippen LogP contribution in [-0.2, 0) is 16.0 Å². The van der Waals surface area contributed by atoms with Crippen LogP contribution in [0.2, 0.25) is 5.02 Å². The summed E-state index contributed by atoms with van der Waals surface area (Å²) in [4.78, 5) is 32.2. The molecule has 1 amide bonds. The van der Waals surface area contributed by atoms with Crippen LogP contribution in [0.1, 0.15) is 15.9 Å². The molecule has 1 atom stereocenters. The number of carbonyl (C=O) groups excluding carboxylic acids is 2. The van der Waals surface area contributed by atoms with E-state index >= 15 is 0 Å². The van der Waals surface area contributed by atoms with Gasteiger partial charge >= 0.3 is 5.97 Å². The van der Waals surface area contributed by atoms with Crippen LogP contribution in [0.3, 0.4) is 0 Å². The summed E-state index contributed by atoms with van der Waals surface area (Å²) in [6.07, 6.45) is 3.69. The number of halogens is 1. The van der Waals surface area contributed by atoms with Gasteiger partial charge in [0, 0.05) is 24.4 Å². The van der Waals surface area contributed by atoms with Gasteiger partial charge in [-0.3, -0.25) is 4.79 Å². The standard InChI is InChI=1S/C23H20ClN3O4S/c1-30-22(29)15-5-2-4-14(8-15)16-9-17-10-18(31-21(17)19(24)11-16)12-27-20(28)13-32-23-25-6-3-7-26-23/h2-9,11,18H,10,12-13H2,1H3,(H,27,28). The first-order valence-corrected chi connectivity index (χ1v) is 11.2. The molecular weight excluding hydrogens is 450 g/mol. The number of thioether (sulfide) groups is 1. The van der Waals surface area contributed by atoms with E-state index in [1.54, 1.807) is 36.7 Å². The second-order valence-electron chi connectivity index (χ2n) is 7.09. The van der Waals surface area contributed by atoms with Gasteiger partial charge in [0.1, 0.15) is 11.9 Å². The van der Waals surface area contributed by atoms with E-state index in [4.69, 9.17) is 21.1 Å². The molecule has 1 aliphatic heterocycles. The first kappa shape index (κ1) is 22.1.